The van der Waals surface area contributed by atoms with Crippen LogP contribution in [0.1, 0.15) is 92.1 Å². The van der Waals surface area contributed by atoms with Crippen LogP contribution in [0.5, 0.6) is 0 Å². The van der Waals surface area contributed by atoms with Crippen LogP contribution < -0.4 is 10.2 Å². The molecule has 4 amide bonds. The fraction of sp³-hybridized carbons (Fsp3) is 0.588. The number of fused-ring (bicyclic) bond motifs is 10. The molecule has 2 bridgehead atoms. The first-order chi connectivity index (χ1) is 31.3. The zero-order chi connectivity index (χ0) is 46.4. The summed E-state index contributed by atoms with van der Waals surface area (Å²) in [6.07, 6.45) is 7.76. The number of nitrogens with zero attached hydrogens (tertiary/aromatic N) is 5. The maximum absolute atomic E-state index is 13.8. The first kappa shape index (κ1) is 48.1. The highest BCUT2D eigenvalue weighted by Gasteiger charge is 2.63. The molecule has 14 heteroatoms. The highest BCUT2D eigenvalue weighted by Crippen LogP contribution is 2.58. The van der Waals surface area contributed by atoms with Gasteiger partial charge in [0.1, 0.15) is 11.5 Å². The van der Waals surface area contributed by atoms with Gasteiger partial charge in [0, 0.05) is 63.6 Å². The molecule has 7 rings (SSSR count). The second kappa shape index (κ2) is 21.2. The van der Waals surface area contributed by atoms with Crippen LogP contribution in [0.25, 0.3) is 22.5 Å². The number of ether oxygens (including phenoxy) is 2. The molecule has 1 saturated carbocycles. The minimum absolute atomic E-state index is 0.0132. The number of rotatable bonds is 23. The molecule has 2 aliphatic heterocycles. The zero-order valence-electron chi connectivity index (χ0n) is 39.6. The van der Waals surface area contributed by atoms with Crippen LogP contribution in [0.4, 0.5) is 5.69 Å². The zero-order valence-corrected chi connectivity index (χ0v) is 40.6. The normalized spacial score (nSPS) is 20.9. The van der Waals surface area contributed by atoms with Crippen molar-refractivity contribution in [3.63, 3.8) is 0 Å². The van der Waals surface area contributed by atoms with Crippen molar-refractivity contribution in [3.8, 4) is 22.5 Å². The van der Waals surface area contributed by atoms with E-state index in [9.17, 15) is 24.0 Å². The van der Waals surface area contributed by atoms with Gasteiger partial charge in [0.05, 0.1) is 57.6 Å². The first-order valence-electron chi connectivity index (χ1n) is 24.1. The summed E-state index contributed by atoms with van der Waals surface area (Å²) >= 11 is 0. The highest BCUT2D eigenvalue weighted by atomic mass is 28.3. The summed E-state index contributed by atoms with van der Waals surface area (Å²) in [5, 5.41) is 11.9. The molecule has 3 heterocycles. The van der Waals surface area contributed by atoms with Gasteiger partial charge in [-0.3, -0.25) is 28.9 Å². The Bertz CT molecular complexity index is 2180. The largest absolute Gasteiger partial charge is 0.383 e. The molecule has 2 aliphatic carbocycles. The van der Waals surface area contributed by atoms with Gasteiger partial charge < -0.3 is 19.7 Å². The Labute approximate surface area is 386 Å². The predicted molar refractivity (Wildman–Crippen MR) is 254 cm³/mol. The third-order valence-corrected chi connectivity index (χ3v) is 23.0. The third-order valence-electron chi connectivity index (χ3n) is 15.3. The average molecular weight is 907 g/mol. The monoisotopic (exact) mass is 907 g/mol. The Kier molecular flexibility index (Phi) is 15.7. The number of methoxy groups -OCH3 is 1. The van der Waals surface area contributed by atoms with E-state index in [1.165, 1.54) is 10.9 Å². The van der Waals surface area contributed by atoms with Crippen molar-refractivity contribution in [1.82, 2.24) is 25.2 Å². The van der Waals surface area contributed by atoms with Crippen molar-refractivity contribution in [1.29, 1.82) is 0 Å². The molecule has 4 unspecified atom stereocenters. The predicted octanol–water partition coefficient (Wildman–Crippen LogP) is 8.25. The lowest BCUT2D eigenvalue weighted by atomic mass is 9.85. The lowest BCUT2D eigenvalue weighted by Gasteiger charge is -2.43. The van der Waals surface area contributed by atoms with Gasteiger partial charge in [-0.05, 0) is 42.2 Å². The molecule has 4 aliphatic rings. The maximum Gasteiger partial charge on any atom is 0.233 e. The van der Waals surface area contributed by atoms with Gasteiger partial charge in [-0.2, -0.15) is 0 Å². The molecule has 0 radical (unpaired) electrons. The minimum Gasteiger partial charge on any atom is -0.383 e. The number of carbonyl (C=O) groups is 5. The number of anilines is 1. The van der Waals surface area contributed by atoms with Crippen LogP contribution >= 0.6 is 0 Å². The summed E-state index contributed by atoms with van der Waals surface area (Å²) < 4.78 is 12.9. The van der Waals surface area contributed by atoms with Gasteiger partial charge >= 0.3 is 0 Å². The number of hydrogen-bond acceptors (Lipinski definition) is 9. The average Bonchev–Trinajstić information content (AvgIpc) is 4.03. The summed E-state index contributed by atoms with van der Waals surface area (Å²) in [5.74, 6) is -0.521. The fourth-order valence-electron chi connectivity index (χ4n) is 12.2. The van der Waals surface area contributed by atoms with Crippen LogP contribution in [0, 0.1) is 29.6 Å². The van der Waals surface area contributed by atoms with Gasteiger partial charge in [-0.1, -0.05) is 130 Å². The van der Waals surface area contributed by atoms with E-state index >= 15 is 0 Å². The number of likely N-dealkylation sites (tertiary alicyclic amines) is 1. The van der Waals surface area contributed by atoms with Crippen LogP contribution in [0.2, 0.25) is 22.7 Å². The second-order valence-electron chi connectivity index (χ2n) is 19.6. The Morgan fingerprint density at radius 1 is 0.785 bits per heavy atom. The van der Waals surface area contributed by atoms with Crippen LogP contribution in [-0.4, -0.2) is 97.4 Å². The summed E-state index contributed by atoms with van der Waals surface area (Å²) in [5.41, 5.74) is 7.17. The molecule has 1 saturated heterocycles. The van der Waals surface area contributed by atoms with Crippen LogP contribution in [-0.2, 0) is 46.5 Å². The van der Waals surface area contributed by atoms with Crippen molar-refractivity contribution >= 4 is 43.2 Å². The number of carbonyl (C=O) groups excluding carboxylic acids is 5. The molecule has 2 fully saturated rings. The molecule has 4 atom stereocenters. The quantitative estimate of drug-likeness (QED) is 0.0429. The number of imide groups is 1. The maximum atomic E-state index is 13.8. The van der Waals surface area contributed by atoms with Crippen molar-refractivity contribution in [2.75, 3.05) is 44.9 Å². The molecular formula is C51H70N6O7Si. The number of nitrogens with one attached hydrogen (secondary N) is 1. The number of amides is 4. The van der Waals surface area contributed by atoms with Crippen LogP contribution in [0.15, 0.2) is 60.7 Å². The van der Waals surface area contributed by atoms with Crippen molar-refractivity contribution in [3.05, 3.63) is 66.2 Å². The SMILES string of the molecule is COCCn1nnc2c1-c1ccccc1CN(C(=O)CCNC(=O)CCOCCCC(=O)CCN1C(=O)C3C4C=CC(C4CCC[Si](C(C)C)(C(C)C)C(C)C)C3C1=O)c1ccccc1-2. The lowest BCUT2D eigenvalue weighted by molar-refractivity contribution is -0.141. The number of benzene rings is 2. The standard InChI is InChI=1S/C51H70N6O7Si/c1-33(2)65(34(3)4,35(5)6)31-13-18-39-40-20-21-41(39)47-46(40)50(61)55(51(47)62)26-23-37(58)15-12-28-64-29-24-44(59)52-25-22-45(60)56-32-36-14-8-9-16-38(36)49-48(42-17-10-11-19-43(42)56)53-54-57(49)27-30-63-7/h8-11,14,16-17,19-21,33-35,39-41,46-47H,12-13,15,18,22-32H2,1-7H3,(H,52,59). The Balaban J connectivity index is 0.801. The number of allylic oxidation sites excluding steroid dienone is 2. The number of ketones is 1. The molecular weight excluding hydrogens is 837 g/mol. The van der Waals surface area contributed by atoms with E-state index in [4.69, 9.17) is 9.47 Å². The van der Waals surface area contributed by atoms with Gasteiger partial charge in [0.25, 0.3) is 0 Å². The molecule has 1 N–H and O–H groups in total. The van der Waals surface area contributed by atoms with E-state index in [2.05, 4.69) is 69.3 Å². The summed E-state index contributed by atoms with van der Waals surface area (Å²) in [4.78, 5) is 69.9. The Morgan fingerprint density at radius 2 is 1.45 bits per heavy atom. The minimum atomic E-state index is -1.50. The molecule has 13 nitrogen and oxygen atoms in total. The number of aromatic nitrogens is 3. The van der Waals surface area contributed by atoms with Gasteiger partial charge in [-0.15, -0.1) is 5.10 Å². The molecule has 3 aromatic rings. The lowest BCUT2D eigenvalue weighted by Crippen LogP contribution is -2.44. The van der Waals surface area contributed by atoms with Gasteiger partial charge in [0.2, 0.25) is 23.6 Å². The summed E-state index contributed by atoms with van der Waals surface area (Å²) in [6.45, 7) is 16.6. The number of Topliss-reactive ketones (excluding diaryl/α,β-unsaturated/α-hetero) is 1. The van der Waals surface area contributed by atoms with Crippen molar-refractivity contribution in [2.24, 2.45) is 29.6 Å². The van der Waals surface area contributed by atoms with E-state index < -0.39 is 8.07 Å². The summed E-state index contributed by atoms with van der Waals surface area (Å²) in [7, 11) is 0.149. The fourth-order valence-corrected chi connectivity index (χ4v) is 18.7. The topological polar surface area (TPSA) is 153 Å². The summed E-state index contributed by atoms with van der Waals surface area (Å²) in [6, 6.07) is 16.9. The van der Waals surface area contributed by atoms with Gasteiger partial charge in [-0.25, -0.2) is 4.68 Å². The van der Waals surface area contributed by atoms with E-state index in [0.29, 0.717) is 44.3 Å². The Hall–Kier alpha value is -4.79. The van der Waals surface area contributed by atoms with E-state index in [0.717, 1.165) is 57.5 Å². The first-order valence-corrected chi connectivity index (χ1v) is 26.5. The van der Waals surface area contributed by atoms with E-state index in [1.807, 2.05) is 53.2 Å². The Morgan fingerprint density at radius 3 is 2.12 bits per heavy atom. The second-order valence-corrected chi connectivity index (χ2v) is 25.8. The van der Waals surface area contributed by atoms with E-state index in [1.54, 1.807) is 12.0 Å². The molecule has 65 heavy (non-hydrogen) atoms. The molecule has 350 valence electrons. The van der Waals surface area contributed by atoms with Crippen LogP contribution in [0.3, 0.4) is 0 Å². The van der Waals surface area contributed by atoms with Gasteiger partial charge in [0.15, 0.2) is 0 Å². The molecule has 2 aromatic carbocycles. The third kappa shape index (κ3) is 9.86. The molecule has 1 aromatic heterocycles. The van der Waals surface area contributed by atoms with Crippen molar-refractivity contribution < 1.29 is 33.4 Å². The van der Waals surface area contributed by atoms with E-state index in [-0.39, 0.29) is 98.5 Å². The number of para-hydroxylation sites is 1. The smallest absolute Gasteiger partial charge is 0.233 e. The van der Waals surface area contributed by atoms with Crippen molar-refractivity contribution in [2.45, 2.75) is 122 Å². The number of hydrogen-bond donors (Lipinski definition) is 1. The molecule has 0 spiro atoms. The highest BCUT2D eigenvalue weighted by molar-refractivity contribution is 6.83.